The maximum Gasteiger partial charge on any atom is 0.416 e. The number of halogens is 3. The Labute approximate surface area is 169 Å². The molecule has 0 spiro atoms. The summed E-state index contributed by atoms with van der Waals surface area (Å²) < 4.78 is 68.5. The van der Waals surface area contributed by atoms with Gasteiger partial charge in [0.25, 0.3) is 5.69 Å². The van der Waals surface area contributed by atoms with Gasteiger partial charge in [-0.1, -0.05) is 6.07 Å². The van der Waals surface area contributed by atoms with E-state index < -0.39 is 39.1 Å². The van der Waals surface area contributed by atoms with Crippen LogP contribution in [0.2, 0.25) is 0 Å². The van der Waals surface area contributed by atoms with E-state index in [-0.39, 0.29) is 22.8 Å². The fraction of sp³-hybridized carbons (Fsp3) is 0.235. The number of carbonyl (C=O) groups excluding carboxylic acids is 1. The molecule has 0 heterocycles. The Morgan fingerprint density at radius 2 is 1.90 bits per heavy atom. The van der Waals surface area contributed by atoms with E-state index in [4.69, 9.17) is 4.74 Å². The monoisotopic (exact) mass is 447 g/mol. The van der Waals surface area contributed by atoms with Crippen LogP contribution in [-0.4, -0.2) is 39.2 Å². The van der Waals surface area contributed by atoms with Crippen LogP contribution in [0.5, 0.6) is 5.75 Å². The number of anilines is 2. The van der Waals surface area contributed by atoms with E-state index >= 15 is 0 Å². The number of sulfonamides is 1. The number of alkyl halides is 3. The molecule has 2 aromatic rings. The predicted molar refractivity (Wildman–Crippen MR) is 102 cm³/mol. The first-order valence-electron chi connectivity index (χ1n) is 8.10. The van der Waals surface area contributed by atoms with Crippen molar-refractivity contribution < 1.29 is 36.0 Å². The zero-order chi connectivity index (χ0) is 22.7. The molecule has 9 nitrogen and oxygen atoms in total. The van der Waals surface area contributed by atoms with Crippen molar-refractivity contribution in [1.82, 2.24) is 0 Å². The summed E-state index contributed by atoms with van der Waals surface area (Å²) in [5.74, 6) is -0.879. The third kappa shape index (κ3) is 5.59. The molecule has 0 aliphatic heterocycles. The SMILES string of the molecule is COc1ccc([N+](=O)[O-])cc1NC(=O)CN(c1cccc(C(F)(F)F)c1)S(C)(=O)=O. The predicted octanol–water partition coefficient (Wildman–Crippen LogP) is 3.03. The largest absolute Gasteiger partial charge is 0.495 e. The number of nitro benzene ring substituents is 1. The summed E-state index contributed by atoms with van der Waals surface area (Å²) in [5.41, 5.74) is -1.92. The van der Waals surface area contributed by atoms with Crippen molar-refractivity contribution in [3.05, 3.63) is 58.1 Å². The Bertz CT molecular complexity index is 1070. The van der Waals surface area contributed by atoms with Gasteiger partial charge in [0.2, 0.25) is 15.9 Å². The number of nitrogens with one attached hydrogen (secondary N) is 1. The van der Waals surface area contributed by atoms with E-state index in [1.54, 1.807) is 0 Å². The molecule has 0 radical (unpaired) electrons. The van der Waals surface area contributed by atoms with Gasteiger partial charge in [0.15, 0.2) is 0 Å². The van der Waals surface area contributed by atoms with Crippen molar-refractivity contribution in [2.45, 2.75) is 6.18 Å². The van der Waals surface area contributed by atoms with Gasteiger partial charge in [0.05, 0.1) is 35.2 Å². The number of ether oxygens (including phenoxy) is 1. The Kier molecular flexibility index (Phi) is 6.55. The average Bonchev–Trinajstić information content (AvgIpc) is 2.64. The molecule has 0 aliphatic carbocycles. The molecule has 162 valence electrons. The van der Waals surface area contributed by atoms with Crippen molar-refractivity contribution >= 4 is 33.0 Å². The third-order valence-electron chi connectivity index (χ3n) is 3.82. The summed E-state index contributed by atoms with van der Waals surface area (Å²) in [6.07, 6.45) is -3.98. The minimum Gasteiger partial charge on any atom is -0.495 e. The smallest absolute Gasteiger partial charge is 0.416 e. The number of benzene rings is 2. The highest BCUT2D eigenvalue weighted by Gasteiger charge is 2.32. The van der Waals surface area contributed by atoms with E-state index in [1.807, 2.05) is 0 Å². The number of non-ortho nitro benzene ring substituents is 1. The first-order chi connectivity index (χ1) is 13.8. The van der Waals surface area contributed by atoms with Gasteiger partial charge in [-0.25, -0.2) is 8.42 Å². The summed E-state index contributed by atoms with van der Waals surface area (Å²) in [6.45, 7) is -0.869. The Morgan fingerprint density at radius 1 is 1.23 bits per heavy atom. The number of carbonyl (C=O) groups is 1. The van der Waals surface area contributed by atoms with E-state index in [0.717, 1.165) is 36.6 Å². The van der Waals surface area contributed by atoms with Crippen LogP contribution in [0.25, 0.3) is 0 Å². The molecule has 0 aliphatic rings. The van der Waals surface area contributed by atoms with Crippen LogP contribution in [0, 0.1) is 10.1 Å². The van der Waals surface area contributed by atoms with Crippen LogP contribution < -0.4 is 14.4 Å². The number of rotatable bonds is 7. The minimum absolute atomic E-state index is 0.0684. The minimum atomic E-state index is -4.71. The lowest BCUT2D eigenvalue weighted by Crippen LogP contribution is -2.37. The quantitative estimate of drug-likeness (QED) is 0.515. The van der Waals surface area contributed by atoms with Crippen LogP contribution in [-0.2, 0) is 21.0 Å². The second kappa shape index (κ2) is 8.57. The lowest BCUT2D eigenvalue weighted by Gasteiger charge is -2.23. The van der Waals surface area contributed by atoms with Crippen LogP contribution in [0.15, 0.2) is 42.5 Å². The second-order valence-electron chi connectivity index (χ2n) is 6.01. The topological polar surface area (TPSA) is 119 Å². The van der Waals surface area contributed by atoms with Crippen molar-refractivity contribution in [2.75, 3.05) is 29.5 Å². The molecule has 0 fully saturated rings. The molecule has 0 aromatic heterocycles. The first-order valence-corrected chi connectivity index (χ1v) is 9.95. The summed E-state index contributed by atoms with van der Waals surface area (Å²) >= 11 is 0. The number of methoxy groups -OCH3 is 1. The summed E-state index contributed by atoms with van der Waals surface area (Å²) in [4.78, 5) is 22.6. The third-order valence-corrected chi connectivity index (χ3v) is 4.96. The molecule has 0 unspecified atom stereocenters. The van der Waals surface area contributed by atoms with Crippen molar-refractivity contribution in [1.29, 1.82) is 0 Å². The van der Waals surface area contributed by atoms with E-state index in [1.165, 1.54) is 13.2 Å². The molecule has 1 N–H and O–H groups in total. The molecule has 30 heavy (non-hydrogen) atoms. The van der Waals surface area contributed by atoms with Gasteiger partial charge in [-0.05, 0) is 24.3 Å². The maximum atomic E-state index is 12.9. The molecule has 0 saturated heterocycles. The van der Waals surface area contributed by atoms with E-state index in [0.29, 0.717) is 10.4 Å². The maximum absolute atomic E-state index is 12.9. The highest BCUT2D eigenvalue weighted by Crippen LogP contribution is 2.32. The Hall–Kier alpha value is -3.35. The molecule has 2 aromatic carbocycles. The first kappa shape index (κ1) is 22.9. The normalized spacial score (nSPS) is 11.6. The molecule has 0 atom stereocenters. The lowest BCUT2D eigenvalue weighted by molar-refractivity contribution is -0.384. The molecule has 2 rings (SSSR count). The number of hydrogen-bond acceptors (Lipinski definition) is 6. The highest BCUT2D eigenvalue weighted by atomic mass is 32.2. The van der Waals surface area contributed by atoms with Crippen molar-refractivity contribution in [3.8, 4) is 5.75 Å². The van der Waals surface area contributed by atoms with Gasteiger partial charge in [0, 0.05) is 12.1 Å². The average molecular weight is 447 g/mol. The van der Waals surface area contributed by atoms with Crippen LogP contribution >= 0.6 is 0 Å². The van der Waals surface area contributed by atoms with Crippen LogP contribution in [0.1, 0.15) is 5.56 Å². The van der Waals surface area contributed by atoms with Crippen LogP contribution in [0.3, 0.4) is 0 Å². The Balaban J connectivity index is 2.34. The van der Waals surface area contributed by atoms with Crippen LogP contribution in [0.4, 0.5) is 30.2 Å². The summed E-state index contributed by atoms with van der Waals surface area (Å²) in [6, 6.07) is 6.86. The molecule has 0 bridgehead atoms. The van der Waals surface area contributed by atoms with Gasteiger partial charge >= 0.3 is 6.18 Å². The summed E-state index contributed by atoms with van der Waals surface area (Å²) in [5, 5.41) is 13.2. The van der Waals surface area contributed by atoms with Crippen molar-refractivity contribution in [3.63, 3.8) is 0 Å². The van der Waals surface area contributed by atoms with E-state index in [9.17, 15) is 36.5 Å². The zero-order valence-electron chi connectivity index (χ0n) is 15.6. The lowest BCUT2D eigenvalue weighted by atomic mass is 10.2. The van der Waals surface area contributed by atoms with Gasteiger partial charge in [-0.3, -0.25) is 19.2 Å². The van der Waals surface area contributed by atoms with Crippen molar-refractivity contribution in [2.24, 2.45) is 0 Å². The number of nitro groups is 1. The standard InChI is InChI=1S/C17H16F3N3O6S/c1-29-15-7-6-13(23(25)26)9-14(15)21-16(24)10-22(30(2,27)28)12-5-3-4-11(8-12)17(18,19)20/h3-9H,10H2,1-2H3,(H,21,24). The van der Waals surface area contributed by atoms with E-state index in [2.05, 4.69) is 5.32 Å². The number of nitrogens with zero attached hydrogens (tertiary/aromatic N) is 2. The molecular formula is C17H16F3N3O6S. The number of hydrogen-bond donors (Lipinski definition) is 1. The molecule has 13 heteroatoms. The zero-order valence-corrected chi connectivity index (χ0v) is 16.5. The van der Waals surface area contributed by atoms with Gasteiger partial charge in [-0.15, -0.1) is 0 Å². The van der Waals surface area contributed by atoms with Gasteiger partial charge in [0.1, 0.15) is 12.3 Å². The molecule has 0 saturated carbocycles. The number of amides is 1. The fourth-order valence-corrected chi connectivity index (χ4v) is 3.31. The molecule has 1 amide bonds. The molecular weight excluding hydrogens is 431 g/mol. The Morgan fingerprint density at radius 3 is 2.43 bits per heavy atom. The summed E-state index contributed by atoms with van der Waals surface area (Å²) in [7, 11) is -2.89. The van der Waals surface area contributed by atoms with Gasteiger partial charge < -0.3 is 10.1 Å². The second-order valence-corrected chi connectivity index (χ2v) is 7.91. The highest BCUT2D eigenvalue weighted by molar-refractivity contribution is 7.92. The van der Waals surface area contributed by atoms with Gasteiger partial charge in [-0.2, -0.15) is 13.2 Å². The fourth-order valence-electron chi connectivity index (χ4n) is 2.46.